The van der Waals surface area contributed by atoms with Gasteiger partial charge in [-0.15, -0.1) is 0 Å². The number of ether oxygens (including phenoxy) is 5. The molecule has 2 amide bonds. The number of hydrogen-bond donors (Lipinski definition) is 4. The number of benzene rings is 3. The van der Waals surface area contributed by atoms with Gasteiger partial charge >= 0.3 is 0 Å². The molecule has 13 nitrogen and oxygen atoms in total. The van der Waals surface area contributed by atoms with E-state index in [9.17, 15) is 29.4 Å². The van der Waals surface area contributed by atoms with Crippen molar-refractivity contribution in [3.63, 3.8) is 0 Å². The topological polar surface area (TPSA) is 179 Å². The molecule has 4 atom stereocenters. The Balaban J connectivity index is 1.35. The van der Waals surface area contributed by atoms with Crippen molar-refractivity contribution in [2.45, 2.75) is 43.6 Å². The van der Waals surface area contributed by atoms with Crippen LogP contribution in [0, 0.1) is 5.92 Å². The summed E-state index contributed by atoms with van der Waals surface area (Å²) in [5.74, 6) is -4.40. The molecule has 3 aromatic rings. The molecule has 2 heterocycles. The fourth-order valence-electron chi connectivity index (χ4n) is 7.17. The Morgan fingerprint density at radius 3 is 2.41 bits per heavy atom. The van der Waals surface area contributed by atoms with Crippen LogP contribution >= 0.6 is 11.6 Å². The number of methoxy groups -OCH3 is 4. The van der Waals surface area contributed by atoms with Crippen LogP contribution in [0.15, 0.2) is 53.8 Å². The number of halogens is 1. The van der Waals surface area contributed by atoms with Gasteiger partial charge in [-0.05, 0) is 47.9 Å². The summed E-state index contributed by atoms with van der Waals surface area (Å²) in [6, 6.07) is 11.0. The number of phenolic OH excluding ortho intramolecular Hbond substituents is 1. The number of ketones is 2. The van der Waals surface area contributed by atoms with Crippen LogP contribution in [0.5, 0.6) is 34.5 Å². The number of carbonyl (C=O) groups is 4. The van der Waals surface area contributed by atoms with Crippen LogP contribution in [0.4, 0.5) is 5.69 Å². The molecule has 14 heteroatoms. The maximum atomic E-state index is 14.3. The van der Waals surface area contributed by atoms with Crippen molar-refractivity contribution < 1.29 is 53.1 Å². The number of amides is 2. The minimum Gasteiger partial charge on any atom is -0.507 e. The Morgan fingerprint density at radius 2 is 1.73 bits per heavy atom. The van der Waals surface area contributed by atoms with E-state index < -0.39 is 46.6 Å². The summed E-state index contributed by atoms with van der Waals surface area (Å²) in [4.78, 5) is 54.7. The second kappa shape index (κ2) is 13.7. The van der Waals surface area contributed by atoms with E-state index in [1.807, 2.05) is 0 Å². The minimum absolute atomic E-state index is 0.0202. The first kappa shape index (κ1) is 35.4. The third-order valence-electron chi connectivity index (χ3n) is 9.82. The molecule has 1 aliphatic carbocycles. The molecule has 0 bridgehead atoms. The van der Waals surface area contributed by atoms with Crippen molar-refractivity contribution in [1.29, 1.82) is 0 Å². The summed E-state index contributed by atoms with van der Waals surface area (Å²) in [6.45, 7) is 1.71. The lowest BCUT2D eigenvalue weighted by Crippen LogP contribution is -2.53. The molecule has 6 rings (SSSR count). The van der Waals surface area contributed by atoms with E-state index in [1.165, 1.54) is 52.7 Å². The molecule has 2 aliphatic heterocycles. The van der Waals surface area contributed by atoms with Crippen molar-refractivity contribution in [2.75, 3.05) is 40.3 Å². The lowest BCUT2D eigenvalue weighted by Gasteiger charge is -2.38. The number of rotatable bonds is 11. The Hall–Kier alpha value is -5.43. The smallest absolute Gasteiger partial charge is 0.232 e. The van der Waals surface area contributed by atoms with Gasteiger partial charge < -0.3 is 44.5 Å². The largest absolute Gasteiger partial charge is 0.507 e. The van der Waals surface area contributed by atoms with Gasteiger partial charge in [-0.3, -0.25) is 19.2 Å². The number of carbonyl (C=O) groups excluding carboxylic acids is 4. The van der Waals surface area contributed by atoms with Crippen molar-refractivity contribution in [3.8, 4) is 34.5 Å². The molecular formula is C37H37ClN2O11. The van der Waals surface area contributed by atoms with Crippen LogP contribution < -0.4 is 34.3 Å². The van der Waals surface area contributed by atoms with E-state index in [1.54, 1.807) is 25.1 Å². The van der Waals surface area contributed by atoms with E-state index in [2.05, 4.69) is 10.6 Å². The fraction of sp³-hybridized carbons (Fsp3) is 0.351. The van der Waals surface area contributed by atoms with Crippen LogP contribution in [0.3, 0.4) is 0 Å². The van der Waals surface area contributed by atoms with E-state index in [-0.39, 0.29) is 76.6 Å². The molecule has 51 heavy (non-hydrogen) atoms. The number of aliphatic hydroxyl groups excluding tert-OH is 1. The van der Waals surface area contributed by atoms with Crippen LogP contribution in [-0.4, -0.2) is 74.2 Å². The van der Waals surface area contributed by atoms with Crippen molar-refractivity contribution >= 4 is 40.7 Å². The van der Waals surface area contributed by atoms with Crippen LogP contribution in [-0.2, 0) is 14.4 Å². The highest BCUT2D eigenvalue weighted by atomic mass is 35.5. The van der Waals surface area contributed by atoms with Crippen LogP contribution in [0.25, 0.3) is 0 Å². The van der Waals surface area contributed by atoms with E-state index in [4.69, 9.17) is 35.3 Å². The molecular weight excluding hydrogens is 684 g/mol. The molecule has 4 N–H and O–H groups in total. The highest BCUT2D eigenvalue weighted by molar-refractivity contribution is 6.35. The summed E-state index contributed by atoms with van der Waals surface area (Å²) in [5, 5.41) is 28.1. The Labute approximate surface area is 298 Å². The number of Topliss-reactive ketones (excluding diaryl/α,β-unsaturated/α-hetero) is 2. The Morgan fingerprint density at radius 1 is 1.00 bits per heavy atom. The second-order valence-corrected chi connectivity index (χ2v) is 13.0. The molecule has 1 spiro atoms. The van der Waals surface area contributed by atoms with E-state index in [0.717, 1.165) is 5.56 Å². The second-order valence-electron chi connectivity index (χ2n) is 12.6. The quantitative estimate of drug-likeness (QED) is 0.204. The van der Waals surface area contributed by atoms with Gasteiger partial charge in [-0.2, -0.15) is 0 Å². The molecule has 0 unspecified atom stereocenters. The molecule has 0 radical (unpaired) electrons. The zero-order valence-corrected chi connectivity index (χ0v) is 29.3. The van der Waals surface area contributed by atoms with Gasteiger partial charge in [0.25, 0.3) is 0 Å². The van der Waals surface area contributed by atoms with Crippen molar-refractivity contribution in [3.05, 3.63) is 75.5 Å². The zero-order valence-electron chi connectivity index (χ0n) is 28.5. The number of hydrogen-bond acceptors (Lipinski definition) is 11. The maximum Gasteiger partial charge on any atom is 0.232 e. The van der Waals surface area contributed by atoms with Gasteiger partial charge in [-0.1, -0.05) is 24.6 Å². The Bertz CT molecular complexity index is 1990. The van der Waals surface area contributed by atoms with Crippen LogP contribution in [0.2, 0.25) is 5.02 Å². The van der Waals surface area contributed by atoms with Crippen molar-refractivity contribution in [1.82, 2.24) is 5.32 Å². The van der Waals surface area contributed by atoms with Gasteiger partial charge in [0, 0.05) is 48.5 Å². The zero-order chi connectivity index (χ0) is 36.8. The van der Waals surface area contributed by atoms with Gasteiger partial charge in [0.05, 0.1) is 34.4 Å². The average molecular weight is 721 g/mol. The molecule has 0 aromatic heterocycles. The van der Waals surface area contributed by atoms with E-state index >= 15 is 0 Å². The minimum atomic E-state index is -2.07. The molecule has 0 fully saturated rings. The number of anilines is 1. The summed E-state index contributed by atoms with van der Waals surface area (Å²) < 4.78 is 27.7. The SMILES string of the molecule is COc1ccc2c(c1)[C@H](CCNC(=O)C[C@@H](C1=C(O)[C@@]3(Oc4c(Cl)c(OC)cc(OC)c4C3=O)[C@H](C)CC1=O)c1ccc(O)c(OC)c1)C(=O)N2. The first-order chi connectivity index (χ1) is 24.4. The summed E-state index contributed by atoms with van der Waals surface area (Å²) in [7, 11) is 5.62. The van der Waals surface area contributed by atoms with Gasteiger partial charge in [0.2, 0.25) is 23.2 Å². The monoisotopic (exact) mass is 720 g/mol. The molecule has 3 aromatic carbocycles. The number of phenols is 1. The summed E-state index contributed by atoms with van der Waals surface area (Å²) in [5.41, 5.74) is -0.545. The fourth-order valence-corrected chi connectivity index (χ4v) is 7.43. The number of aliphatic hydroxyl groups is 1. The summed E-state index contributed by atoms with van der Waals surface area (Å²) >= 11 is 6.59. The molecule has 3 aliphatic rings. The third kappa shape index (κ3) is 5.84. The van der Waals surface area contributed by atoms with Crippen molar-refractivity contribution in [2.24, 2.45) is 5.92 Å². The first-order valence-corrected chi connectivity index (χ1v) is 16.5. The lowest BCUT2D eigenvalue weighted by atomic mass is 9.69. The normalized spacial score (nSPS) is 21.1. The van der Waals surface area contributed by atoms with Gasteiger partial charge in [0.15, 0.2) is 28.8 Å². The average Bonchev–Trinajstić information content (AvgIpc) is 3.61. The maximum absolute atomic E-state index is 14.3. The predicted octanol–water partition coefficient (Wildman–Crippen LogP) is 5.23. The standard InChI is InChI=1S/C37H37ClN2O11/c1-17-12-25(42)30(34(44)37(17)35(45)31-27(49-4)16-28(50-5)32(38)33(31)51-37)21(18-6-9-24(41)26(13-18)48-3)15-29(43)39-11-10-20-22-14-19(47-2)7-8-23(22)40-36(20)46/h6-9,13-14,16-17,20-21,41,44H,10-12,15H2,1-5H3,(H,39,43)(H,40,46)/t17-,20+,21-,37+/m1/s1. The first-order valence-electron chi connectivity index (χ1n) is 16.2. The number of fused-ring (bicyclic) bond motifs is 2. The highest BCUT2D eigenvalue weighted by Gasteiger charge is 2.61. The van der Waals surface area contributed by atoms with E-state index in [0.29, 0.717) is 17.0 Å². The molecule has 0 saturated heterocycles. The Kier molecular flexibility index (Phi) is 9.51. The van der Waals surface area contributed by atoms with Gasteiger partial charge in [0.1, 0.15) is 27.8 Å². The molecule has 0 saturated carbocycles. The lowest BCUT2D eigenvalue weighted by molar-refractivity contribution is -0.122. The predicted molar refractivity (Wildman–Crippen MR) is 185 cm³/mol. The molecule has 268 valence electrons. The third-order valence-corrected chi connectivity index (χ3v) is 10.2. The summed E-state index contributed by atoms with van der Waals surface area (Å²) in [6.07, 6.45) is -0.303. The number of allylic oxidation sites excluding steroid dienone is 1. The highest BCUT2D eigenvalue weighted by Crippen LogP contribution is 2.56. The number of aromatic hydroxyl groups is 1. The van der Waals surface area contributed by atoms with Gasteiger partial charge in [-0.25, -0.2) is 0 Å². The van der Waals surface area contributed by atoms with Crippen LogP contribution in [0.1, 0.15) is 59.5 Å². The number of nitrogens with one attached hydrogen (secondary N) is 2.